The van der Waals surface area contributed by atoms with Crippen molar-refractivity contribution in [2.75, 3.05) is 0 Å². The van der Waals surface area contributed by atoms with Crippen LogP contribution in [0.5, 0.6) is 0 Å². The Bertz CT molecular complexity index is 374. The van der Waals surface area contributed by atoms with Crippen LogP contribution in [0, 0.1) is 0 Å². The maximum atomic E-state index is 6.12. The van der Waals surface area contributed by atoms with Gasteiger partial charge in [-0.2, -0.15) is 5.10 Å². The molecule has 1 aromatic rings. The molecule has 2 fully saturated rings. The zero-order valence-corrected chi connectivity index (χ0v) is 10.4. The van der Waals surface area contributed by atoms with Gasteiger partial charge in [-0.25, -0.2) is 4.98 Å². The summed E-state index contributed by atoms with van der Waals surface area (Å²) in [6.45, 7) is 0.892. The van der Waals surface area contributed by atoms with Gasteiger partial charge in [-0.3, -0.25) is 9.58 Å². The summed E-state index contributed by atoms with van der Waals surface area (Å²) < 4.78 is 1.78. The molecule has 2 atom stereocenters. The van der Waals surface area contributed by atoms with Crippen LogP contribution < -0.4 is 5.73 Å². The number of aryl methyl sites for hydroxylation is 1. The average molecular weight is 235 g/mol. The van der Waals surface area contributed by atoms with Crippen LogP contribution in [-0.2, 0) is 13.6 Å². The van der Waals surface area contributed by atoms with E-state index in [0.29, 0.717) is 18.1 Å². The predicted molar refractivity (Wildman–Crippen MR) is 65.2 cm³/mol. The van der Waals surface area contributed by atoms with Gasteiger partial charge in [0.1, 0.15) is 6.33 Å². The van der Waals surface area contributed by atoms with E-state index in [0.717, 1.165) is 25.2 Å². The summed E-state index contributed by atoms with van der Waals surface area (Å²) in [6, 6.07) is 1.71. The minimum absolute atomic E-state index is 0.401. The maximum absolute atomic E-state index is 6.12. The molecule has 0 radical (unpaired) electrons. The van der Waals surface area contributed by atoms with Crippen molar-refractivity contribution in [3.8, 4) is 0 Å². The van der Waals surface area contributed by atoms with Gasteiger partial charge in [0, 0.05) is 25.2 Å². The third-order valence-electron chi connectivity index (χ3n) is 4.13. The number of rotatable bonds is 2. The van der Waals surface area contributed by atoms with E-state index in [-0.39, 0.29) is 0 Å². The summed E-state index contributed by atoms with van der Waals surface area (Å²) in [5.41, 5.74) is 6.12. The lowest BCUT2D eigenvalue weighted by Gasteiger charge is -2.47. The molecular weight excluding hydrogens is 214 g/mol. The molecule has 2 aliphatic rings. The van der Waals surface area contributed by atoms with Crippen molar-refractivity contribution in [3.05, 3.63) is 12.2 Å². The van der Waals surface area contributed by atoms with Gasteiger partial charge in [0.25, 0.3) is 0 Å². The first-order valence-corrected chi connectivity index (χ1v) is 6.58. The number of nitrogens with two attached hydrogens (primary N) is 1. The van der Waals surface area contributed by atoms with Gasteiger partial charge in [-0.05, 0) is 25.7 Å². The van der Waals surface area contributed by atoms with E-state index < -0.39 is 0 Å². The molecule has 3 rings (SSSR count). The second-order valence-electron chi connectivity index (χ2n) is 5.48. The van der Waals surface area contributed by atoms with Crippen LogP contribution in [0.3, 0.4) is 0 Å². The van der Waals surface area contributed by atoms with Crippen molar-refractivity contribution >= 4 is 0 Å². The Balaban J connectivity index is 1.73. The fourth-order valence-corrected chi connectivity index (χ4v) is 3.40. The highest BCUT2D eigenvalue weighted by Gasteiger charge is 2.37. The van der Waals surface area contributed by atoms with Gasteiger partial charge in [-0.1, -0.05) is 6.42 Å². The molecule has 0 amide bonds. The van der Waals surface area contributed by atoms with Gasteiger partial charge in [0.2, 0.25) is 0 Å². The third kappa shape index (κ3) is 2.21. The molecule has 94 valence electrons. The van der Waals surface area contributed by atoms with Crippen molar-refractivity contribution < 1.29 is 0 Å². The molecule has 5 nitrogen and oxygen atoms in total. The topological polar surface area (TPSA) is 60.0 Å². The first-order chi connectivity index (χ1) is 8.22. The molecule has 0 saturated carbocycles. The monoisotopic (exact) mass is 235 g/mol. The van der Waals surface area contributed by atoms with Crippen molar-refractivity contribution in [3.63, 3.8) is 0 Å². The van der Waals surface area contributed by atoms with E-state index in [1.54, 1.807) is 11.0 Å². The molecule has 0 spiro atoms. The van der Waals surface area contributed by atoms with Gasteiger partial charge in [0.05, 0.1) is 6.54 Å². The molecule has 5 heteroatoms. The Morgan fingerprint density at radius 1 is 1.35 bits per heavy atom. The summed E-state index contributed by atoms with van der Waals surface area (Å²) in [7, 11) is 1.92. The highest BCUT2D eigenvalue weighted by Crippen LogP contribution is 2.34. The Kier molecular flexibility index (Phi) is 2.88. The summed E-state index contributed by atoms with van der Waals surface area (Å²) >= 11 is 0. The second-order valence-corrected chi connectivity index (χ2v) is 5.48. The predicted octanol–water partition coefficient (Wildman–Crippen LogP) is 0.659. The largest absolute Gasteiger partial charge is 0.328 e. The Labute approximate surface area is 102 Å². The van der Waals surface area contributed by atoms with E-state index in [1.165, 1.54) is 19.3 Å². The van der Waals surface area contributed by atoms with E-state index in [4.69, 9.17) is 5.73 Å². The number of nitrogens with zero attached hydrogens (tertiary/aromatic N) is 4. The fourth-order valence-electron chi connectivity index (χ4n) is 3.40. The first-order valence-electron chi connectivity index (χ1n) is 6.58. The Morgan fingerprint density at radius 3 is 2.65 bits per heavy atom. The molecule has 2 N–H and O–H groups in total. The van der Waals surface area contributed by atoms with Crippen LogP contribution in [-0.4, -0.2) is 37.8 Å². The molecule has 0 aromatic carbocycles. The van der Waals surface area contributed by atoms with Crippen LogP contribution in [0.15, 0.2) is 6.33 Å². The SMILES string of the molecule is Cn1cnc(CN2C3CCCC2CC(N)C3)n1. The molecule has 2 unspecified atom stereocenters. The van der Waals surface area contributed by atoms with Crippen molar-refractivity contribution in [2.24, 2.45) is 12.8 Å². The Morgan fingerprint density at radius 2 is 2.06 bits per heavy atom. The average Bonchev–Trinajstić information content (AvgIpc) is 2.65. The summed E-state index contributed by atoms with van der Waals surface area (Å²) in [4.78, 5) is 6.92. The lowest BCUT2D eigenvalue weighted by atomic mass is 9.82. The molecule has 3 heterocycles. The molecule has 17 heavy (non-hydrogen) atoms. The van der Waals surface area contributed by atoms with E-state index in [9.17, 15) is 0 Å². The molecule has 2 saturated heterocycles. The highest BCUT2D eigenvalue weighted by atomic mass is 15.3. The minimum atomic E-state index is 0.401. The van der Waals surface area contributed by atoms with Crippen molar-refractivity contribution in [1.29, 1.82) is 0 Å². The zero-order valence-electron chi connectivity index (χ0n) is 10.4. The number of fused-ring (bicyclic) bond motifs is 2. The van der Waals surface area contributed by atoms with Crippen LogP contribution in [0.4, 0.5) is 0 Å². The standard InChI is InChI=1S/C12H21N5/c1-16-8-14-12(15-16)7-17-10-3-2-4-11(17)6-9(13)5-10/h8-11H,2-7,13H2,1H3. The summed E-state index contributed by atoms with van der Waals surface area (Å²) in [5.74, 6) is 0.944. The fraction of sp³-hybridized carbons (Fsp3) is 0.833. The molecule has 1 aromatic heterocycles. The van der Waals surface area contributed by atoms with Crippen molar-refractivity contribution in [1.82, 2.24) is 19.7 Å². The lowest BCUT2D eigenvalue weighted by molar-refractivity contribution is 0.0224. The maximum Gasteiger partial charge on any atom is 0.164 e. The second kappa shape index (κ2) is 4.38. The van der Waals surface area contributed by atoms with E-state index >= 15 is 0 Å². The first kappa shape index (κ1) is 11.2. The van der Waals surface area contributed by atoms with Crippen molar-refractivity contribution in [2.45, 2.75) is 56.8 Å². The number of hydrogen-bond acceptors (Lipinski definition) is 4. The summed E-state index contributed by atoms with van der Waals surface area (Å²) in [5, 5.41) is 4.38. The number of piperidine rings is 2. The third-order valence-corrected chi connectivity index (χ3v) is 4.13. The van der Waals surface area contributed by atoms with Crippen LogP contribution in [0.1, 0.15) is 37.9 Å². The van der Waals surface area contributed by atoms with Gasteiger partial charge in [-0.15, -0.1) is 0 Å². The minimum Gasteiger partial charge on any atom is -0.328 e. The van der Waals surface area contributed by atoms with Gasteiger partial charge in [0.15, 0.2) is 5.82 Å². The molecule has 0 aliphatic carbocycles. The molecule has 2 aliphatic heterocycles. The molecular formula is C12H21N5. The van der Waals surface area contributed by atoms with Gasteiger partial charge >= 0.3 is 0 Å². The van der Waals surface area contributed by atoms with E-state index in [1.807, 2.05) is 7.05 Å². The highest BCUT2D eigenvalue weighted by molar-refractivity contribution is 4.96. The zero-order chi connectivity index (χ0) is 11.8. The lowest BCUT2D eigenvalue weighted by Crippen LogP contribution is -2.54. The summed E-state index contributed by atoms with van der Waals surface area (Å²) in [6.07, 6.45) is 8.00. The molecule has 2 bridgehead atoms. The van der Waals surface area contributed by atoms with Crippen LogP contribution in [0.25, 0.3) is 0 Å². The smallest absolute Gasteiger partial charge is 0.164 e. The van der Waals surface area contributed by atoms with Gasteiger partial charge < -0.3 is 5.73 Å². The normalized spacial score (nSPS) is 33.9. The van der Waals surface area contributed by atoms with E-state index in [2.05, 4.69) is 15.0 Å². The number of hydrogen-bond donors (Lipinski definition) is 1. The quantitative estimate of drug-likeness (QED) is 0.818. The Hall–Kier alpha value is -0.940. The van der Waals surface area contributed by atoms with Crippen LogP contribution >= 0.6 is 0 Å². The van der Waals surface area contributed by atoms with Crippen LogP contribution in [0.2, 0.25) is 0 Å². The number of aromatic nitrogens is 3.